The highest BCUT2D eigenvalue weighted by Crippen LogP contribution is 2.56. The molecule has 2 aromatic rings. The number of rotatable bonds is 3. The van der Waals surface area contributed by atoms with Crippen molar-refractivity contribution in [3.05, 3.63) is 23.8 Å². The van der Waals surface area contributed by atoms with E-state index in [2.05, 4.69) is 16.4 Å². The number of hydrogen-bond acceptors (Lipinski definition) is 7. The fraction of sp³-hybridized carbons (Fsp3) is 0.609. The number of nitrogens with one attached hydrogen (secondary N) is 1. The first-order valence-corrected chi connectivity index (χ1v) is 12.0. The molecule has 4 saturated carbocycles. The molecule has 5 aliphatic rings. The fourth-order valence-corrected chi connectivity index (χ4v) is 7.57. The van der Waals surface area contributed by atoms with Gasteiger partial charge in [0.1, 0.15) is 6.10 Å². The van der Waals surface area contributed by atoms with Crippen LogP contribution in [0.1, 0.15) is 44.1 Å². The van der Waals surface area contributed by atoms with E-state index < -0.39 is 5.60 Å². The van der Waals surface area contributed by atoms with Crippen LogP contribution in [-0.4, -0.2) is 51.9 Å². The van der Waals surface area contributed by atoms with Crippen LogP contribution in [0.15, 0.2) is 18.2 Å². The molecule has 1 unspecified atom stereocenters. The average Bonchev–Trinajstić information content (AvgIpc) is 3.35. The number of aliphatic hydroxyl groups is 1. The second-order valence-electron chi connectivity index (χ2n) is 9.93. The van der Waals surface area contributed by atoms with Crippen LogP contribution < -0.4 is 5.32 Å². The van der Waals surface area contributed by atoms with Crippen molar-refractivity contribution in [1.82, 2.24) is 9.88 Å². The molecule has 31 heavy (non-hydrogen) atoms. The smallest absolute Gasteiger partial charge is 0.410 e. The van der Waals surface area contributed by atoms with E-state index in [1.165, 1.54) is 11.3 Å². The molecule has 8 heteroatoms. The second-order valence-corrected chi connectivity index (χ2v) is 11.0. The minimum Gasteiger partial charge on any atom is -0.446 e. The Hall–Kier alpha value is -2.37. The van der Waals surface area contributed by atoms with Gasteiger partial charge in [0.15, 0.2) is 5.13 Å². The summed E-state index contributed by atoms with van der Waals surface area (Å²) in [6.07, 6.45) is 5.29. The van der Waals surface area contributed by atoms with Crippen LogP contribution in [0.25, 0.3) is 10.2 Å². The first-order chi connectivity index (χ1) is 15.0. The topological polar surface area (TPSA) is 98.5 Å². The van der Waals surface area contributed by atoms with Gasteiger partial charge in [-0.2, -0.15) is 5.26 Å². The summed E-state index contributed by atoms with van der Waals surface area (Å²) in [5, 5.41) is 24.1. The van der Waals surface area contributed by atoms with Crippen molar-refractivity contribution >= 4 is 32.8 Å². The summed E-state index contributed by atoms with van der Waals surface area (Å²) >= 11 is 1.54. The lowest BCUT2D eigenvalue weighted by molar-refractivity contribution is -0.177. The maximum Gasteiger partial charge on any atom is 0.410 e. The van der Waals surface area contributed by atoms with Gasteiger partial charge in [0.25, 0.3) is 0 Å². The highest BCUT2D eigenvalue weighted by atomic mass is 32.1. The van der Waals surface area contributed by atoms with Crippen molar-refractivity contribution in [1.29, 1.82) is 5.26 Å². The molecule has 162 valence electrons. The number of carbonyl (C=O) groups excluding carboxylic acids is 1. The number of nitrogens with zero attached hydrogens (tertiary/aromatic N) is 3. The largest absolute Gasteiger partial charge is 0.446 e. The fourth-order valence-electron chi connectivity index (χ4n) is 6.59. The molecule has 1 amide bonds. The van der Waals surface area contributed by atoms with Crippen molar-refractivity contribution in [2.24, 2.45) is 17.8 Å². The van der Waals surface area contributed by atoms with E-state index in [1.54, 1.807) is 11.0 Å². The summed E-state index contributed by atoms with van der Waals surface area (Å²) in [7, 11) is 0. The van der Waals surface area contributed by atoms with Gasteiger partial charge in [-0.25, -0.2) is 9.78 Å². The highest BCUT2D eigenvalue weighted by Gasteiger charge is 2.56. The number of amides is 1. The average molecular weight is 439 g/mol. The van der Waals surface area contributed by atoms with Crippen molar-refractivity contribution in [2.75, 3.05) is 18.4 Å². The molecule has 2 N–H and O–H groups in total. The Morgan fingerprint density at radius 1 is 1.32 bits per heavy atom. The molecular formula is C23H26N4O3S. The summed E-state index contributed by atoms with van der Waals surface area (Å²) in [6, 6.07) is 7.81. The molecule has 4 bridgehead atoms. The predicted molar refractivity (Wildman–Crippen MR) is 117 cm³/mol. The molecule has 3 atom stereocenters. The summed E-state index contributed by atoms with van der Waals surface area (Å²) in [6.45, 7) is 1.28. The Labute approximate surface area is 185 Å². The van der Waals surface area contributed by atoms with E-state index in [9.17, 15) is 9.90 Å². The van der Waals surface area contributed by atoms with Gasteiger partial charge in [-0.1, -0.05) is 11.3 Å². The zero-order chi connectivity index (χ0) is 21.2. The number of benzene rings is 1. The molecule has 0 spiro atoms. The van der Waals surface area contributed by atoms with Crippen LogP contribution in [0.5, 0.6) is 0 Å². The molecule has 0 radical (unpaired) electrons. The van der Waals surface area contributed by atoms with E-state index >= 15 is 0 Å². The van der Waals surface area contributed by atoms with E-state index in [0.29, 0.717) is 36.4 Å². The monoisotopic (exact) mass is 438 g/mol. The third-order valence-corrected chi connectivity index (χ3v) is 8.63. The number of ether oxygens (including phenoxy) is 1. The van der Waals surface area contributed by atoms with Gasteiger partial charge < -0.3 is 20.1 Å². The summed E-state index contributed by atoms with van der Waals surface area (Å²) < 4.78 is 7.02. The van der Waals surface area contributed by atoms with Crippen LogP contribution in [0.2, 0.25) is 0 Å². The Morgan fingerprint density at radius 2 is 2.13 bits per heavy atom. The summed E-state index contributed by atoms with van der Waals surface area (Å²) in [5.41, 5.74) is 1.01. The molecule has 5 fully saturated rings. The van der Waals surface area contributed by atoms with Crippen molar-refractivity contribution in [3.63, 3.8) is 0 Å². The summed E-state index contributed by atoms with van der Waals surface area (Å²) in [4.78, 5) is 19.3. The van der Waals surface area contributed by atoms with Crippen LogP contribution in [0, 0.1) is 29.1 Å². The normalized spacial score (nSPS) is 36.0. The number of aromatic nitrogens is 1. The van der Waals surface area contributed by atoms with E-state index in [4.69, 9.17) is 10.00 Å². The lowest BCUT2D eigenvalue weighted by Gasteiger charge is -2.57. The van der Waals surface area contributed by atoms with Gasteiger partial charge in [-0.15, -0.1) is 0 Å². The van der Waals surface area contributed by atoms with E-state index in [-0.39, 0.29) is 18.2 Å². The molecule has 1 aromatic carbocycles. The SMILES string of the molecule is N#Cc1ccc2nc(NC3CCN(C(=O)OC4[C@@H]5CC6C[C@@H]4CC(O)(C6)C5)C3)sc2c1. The van der Waals surface area contributed by atoms with Crippen LogP contribution in [0.4, 0.5) is 9.93 Å². The Bertz CT molecular complexity index is 1060. The standard InChI is InChI=1S/C23H26N4O3S/c24-11-13-1-2-18-19(7-13)31-21(26-18)25-17-3-4-27(12-17)22(28)30-20-15-5-14-6-16(20)10-23(29,8-14)9-15/h1-2,7,14-17,20,29H,3-6,8-10,12H2,(H,25,26)/t14?,15-,16-,17?,20?,23?/m1/s1. The quantitative estimate of drug-likeness (QED) is 0.758. The third kappa shape index (κ3) is 3.44. The number of nitriles is 1. The zero-order valence-corrected chi connectivity index (χ0v) is 18.1. The molecule has 1 aliphatic heterocycles. The first-order valence-electron chi connectivity index (χ1n) is 11.2. The molecular weight excluding hydrogens is 412 g/mol. The molecule has 1 aromatic heterocycles. The number of carbonyl (C=O) groups is 1. The third-order valence-electron chi connectivity index (χ3n) is 7.68. The Morgan fingerprint density at radius 3 is 2.87 bits per heavy atom. The van der Waals surface area contributed by atoms with E-state index in [0.717, 1.165) is 53.9 Å². The molecule has 7 rings (SSSR count). The zero-order valence-electron chi connectivity index (χ0n) is 17.3. The van der Waals surface area contributed by atoms with E-state index in [1.807, 2.05) is 12.1 Å². The lowest BCUT2D eigenvalue weighted by atomic mass is 9.53. The predicted octanol–water partition coefficient (Wildman–Crippen LogP) is 3.73. The minimum absolute atomic E-state index is 0.0325. The van der Waals surface area contributed by atoms with Crippen molar-refractivity contribution in [3.8, 4) is 6.07 Å². The molecule has 7 nitrogen and oxygen atoms in total. The van der Waals surface area contributed by atoms with Crippen molar-refractivity contribution < 1.29 is 14.6 Å². The lowest BCUT2D eigenvalue weighted by Crippen LogP contribution is -2.58. The van der Waals surface area contributed by atoms with Crippen LogP contribution >= 0.6 is 11.3 Å². The maximum absolute atomic E-state index is 12.9. The first kappa shape index (κ1) is 19.3. The number of fused-ring (bicyclic) bond motifs is 1. The Kier molecular flexibility index (Phi) is 4.41. The van der Waals surface area contributed by atoms with Crippen molar-refractivity contribution in [2.45, 2.75) is 56.3 Å². The highest BCUT2D eigenvalue weighted by molar-refractivity contribution is 7.22. The second kappa shape index (κ2) is 7.07. The van der Waals surface area contributed by atoms with Gasteiger partial charge in [-0.05, 0) is 74.5 Å². The number of anilines is 1. The molecule has 4 aliphatic carbocycles. The van der Waals surface area contributed by atoms with Gasteiger partial charge in [0.2, 0.25) is 0 Å². The minimum atomic E-state index is -0.507. The van der Waals surface area contributed by atoms with Gasteiger partial charge >= 0.3 is 6.09 Å². The van der Waals surface area contributed by atoms with Gasteiger partial charge in [0, 0.05) is 19.1 Å². The van der Waals surface area contributed by atoms with Crippen LogP contribution in [-0.2, 0) is 4.74 Å². The van der Waals surface area contributed by atoms with Crippen LogP contribution in [0.3, 0.4) is 0 Å². The molecule has 2 heterocycles. The number of hydrogen-bond donors (Lipinski definition) is 2. The van der Waals surface area contributed by atoms with Gasteiger partial charge in [0.05, 0.1) is 27.5 Å². The maximum atomic E-state index is 12.9. The Balaban J connectivity index is 1.07. The molecule has 1 saturated heterocycles. The number of likely N-dealkylation sites (tertiary alicyclic amines) is 1. The number of thiazole rings is 1. The summed E-state index contributed by atoms with van der Waals surface area (Å²) in [5.74, 6) is 1.24. The van der Waals surface area contributed by atoms with Gasteiger partial charge in [-0.3, -0.25) is 0 Å².